The fraction of sp³-hybridized carbons (Fsp3) is 0.194. The highest BCUT2D eigenvalue weighted by molar-refractivity contribution is 7.07. The summed E-state index contributed by atoms with van der Waals surface area (Å²) >= 11 is 13.7. The molecule has 1 aromatic heterocycles. The standard InChI is InChI=1S/C31H25Cl2FN2O5S/c1-4-40-30(38)26-17(2)35-31-36(27(26)20-7-11-22(34)12-8-20)29(37)25(42-31)15-19-13-23(33)28(24(14-19)39-3)41-16-18-5-9-21(32)10-6-18/h5-15,27H,4,16H2,1-3H3/b25-15-/t27-/m1/s1. The third-order valence-electron chi connectivity index (χ3n) is 6.55. The largest absolute Gasteiger partial charge is 0.493 e. The zero-order valence-corrected chi connectivity index (χ0v) is 25.1. The van der Waals surface area contributed by atoms with Gasteiger partial charge in [0.05, 0.1) is 40.6 Å². The SMILES string of the molecule is CCOC(=O)C1=C(C)N=c2s/c(=C\c3cc(Cl)c(OCc4ccc(Cl)cc4)c(OC)c3)c(=O)n2[C@@H]1c1ccc(F)cc1. The van der Waals surface area contributed by atoms with E-state index in [0.717, 1.165) is 16.9 Å². The topological polar surface area (TPSA) is 79.1 Å². The van der Waals surface area contributed by atoms with E-state index in [-0.39, 0.29) is 24.3 Å². The number of hydrogen-bond donors (Lipinski definition) is 0. The minimum atomic E-state index is -0.843. The Labute approximate surface area is 254 Å². The molecule has 7 nitrogen and oxygen atoms in total. The van der Waals surface area contributed by atoms with Gasteiger partial charge in [-0.1, -0.05) is 58.8 Å². The van der Waals surface area contributed by atoms with E-state index in [1.165, 1.54) is 23.8 Å². The first-order valence-electron chi connectivity index (χ1n) is 12.9. The Hall–Kier alpha value is -3.92. The number of fused-ring (bicyclic) bond motifs is 1. The summed E-state index contributed by atoms with van der Waals surface area (Å²) in [6.07, 6.45) is 1.67. The highest BCUT2D eigenvalue weighted by Gasteiger charge is 2.33. The van der Waals surface area contributed by atoms with E-state index in [0.29, 0.717) is 47.7 Å². The number of carbonyl (C=O) groups excluding carboxylic acids is 1. The normalized spacial score (nSPS) is 14.8. The number of ether oxygens (including phenoxy) is 3. The van der Waals surface area contributed by atoms with Gasteiger partial charge in [0.25, 0.3) is 5.56 Å². The number of allylic oxidation sites excluding steroid dienone is 1. The minimum Gasteiger partial charge on any atom is -0.493 e. The summed E-state index contributed by atoms with van der Waals surface area (Å²) in [5, 5.41) is 0.923. The lowest BCUT2D eigenvalue weighted by atomic mass is 9.96. The molecule has 0 aliphatic carbocycles. The predicted molar refractivity (Wildman–Crippen MR) is 161 cm³/mol. The number of nitrogens with zero attached hydrogens (tertiary/aromatic N) is 2. The zero-order valence-electron chi connectivity index (χ0n) is 22.8. The van der Waals surface area contributed by atoms with E-state index in [9.17, 15) is 14.0 Å². The molecule has 216 valence electrons. The van der Waals surface area contributed by atoms with Gasteiger partial charge in [-0.3, -0.25) is 9.36 Å². The summed E-state index contributed by atoms with van der Waals surface area (Å²) in [7, 11) is 1.50. The third kappa shape index (κ3) is 5.99. The van der Waals surface area contributed by atoms with Crippen LogP contribution < -0.4 is 24.4 Å². The van der Waals surface area contributed by atoms with Crippen LogP contribution in [-0.2, 0) is 16.1 Å². The average molecular weight is 628 g/mol. The molecule has 0 bridgehead atoms. The summed E-state index contributed by atoms with van der Waals surface area (Å²) in [4.78, 5) is 31.8. The molecule has 3 aromatic carbocycles. The fourth-order valence-electron chi connectivity index (χ4n) is 4.60. The number of hydrogen-bond acceptors (Lipinski definition) is 7. The van der Waals surface area contributed by atoms with Crippen molar-refractivity contribution in [3.8, 4) is 11.5 Å². The predicted octanol–water partition coefficient (Wildman–Crippen LogP) is 5.83. The van der Waals surface area contributed by atoms with Gasteiger partial charge in [-0.05, 0) is 73.0 Å². The molecule has 0 amide bonds. The van der Waals surface area contributed by atoms with Crippen molar-refractivity contribution >= 4 is 46.6 Å². The van der Waals surface area contributed by atoms with E-state index in [2.05, 4.69) is 4.99 Å². The van der Waals surface area contributed by atoms with Gasteiger partial charge in [-0.15, -0.1) is 0 Å². The summed E-state index contributed by atoms with van der Waals surface area (Å²) in [5.41, 5.74) is 2.31. The van der Waals surface area contributed by atoms with Crippen molar-refractivity contribution in [3.05, 3.63) is 124 Å². The molecule has 5 rings (SSSR count). The molecular weight excluding hydrogens is 602 g/mol. The van der Waals surface area contributed by atoms with Crippen LogP contribution in [-0.4, -0.2) is 24.3 Å². The molecule has 2 heterocycles. The molecule has 0 unspecified atom stereocenters. The van der Waals surface area contributed by atoms with Crippen molar-refractivity contribution < 1.29 is 23.4 Å². The molecule has 0 radical (unpaired) electrons. The molecule has 0 saturated heterocycles. The lowest BCUT2D eigenvalue weighted by molar-refractivity contribution is -0.139. The Morgan fingerprint density at radius 2 is 1.83 bits per heavy atom. The highest BCUT2D eigenvalue weighted by atomic mass is 35.5. The lowest BCUT2D eigenvalue weighted by Gasteiger charge is -2.24. The van der Waals surface area contributed by atoms with Crippen LogP contribution in [0.4, 0.5) is 4.39 Å². The van der Waals surface area contributed by atoms with Gasteiger partial charge in [0.2, 0.25) is 0 Å². The molecule has 0 fully saturated rings. The van der Waals surface area contributed by atoms with Gasteiger partial charge in [0, 0.05) is 5.02 Å². The summed E-state index contributed by atoms with van der Waals surface area (Å²) in [5.74, 6) is -0.275. The van der Waals surface area contributed by atoms with Crippen molar-refractivity contribution in [3.63, 3.8) is 0 Å². The Bertz CT molecular complexity index is 1870. The molecule has 1 atom stereocenters. The van der Waals surface area contributed by atoms with Crippen LogP contribution in [0.2, 0.25) is 10.0 Å². The first-order valence-corrected chi connectivity index (χ1v) is 14.5. The monoisotopic (exact) mass is 626 g/mol. The molecule has 1 aliphatic rings. The Balaban J connectivity index is 1.56. The van der Waals surface area contributed by atoms with E-state index >= 15 is 0 Å². The van der Waals surface area contributed by atoms with Crippen molar-refractivity contribution in [2.45, 2.75) is 26.5 Å². The first kappa shape index (κ1) is 29.6. The Morgan fingerprint density at radius 3 is 2.50 bits per heavy atom. The molecule has 42 heavy (non-hydrogen) atoms. The number of thiazole rings is 1. The first-order chi connectivity index (χ1) is 20.2. The second kappa shape index (κ2) is 12.5. The summed E-state index contributed by atoms with van der Waals surface area (Å²) in [6, 6.07) is 15.5. The number of carbonyl (C=O) groups is 1. The van der Waals surface area contributed by atoms with Crippen molar-refractivity contribution in [2.24, 2.45) is 4.99 Å². The van der Waals surface area contributed by atoms with Crippen LogP contribution in [0, 0.1) is 5.82 Å². The Morgan fingerprint density at radius 1 is 1.12 bits per heavy atom. The van der Waals surface area contributed by atoms with Crippen LogP contribution in [0.25, 0.3) is 6.08 Å². The van der Waals surface area contributed by atoms with Crippen molar-refractivity contribution in [2.75, 3.05) is 13.7 Å². The molecule has 1 aliphatic heterocycles. The maximum atomic E-state index is 13.8. The van der Waals surface area contributed by atoms with Crippen LogP contribution >= 0.6 is 34.5 Å². The van der Waals surface area contributed by atoms with E-state index < -0.39 is 17.8 Å². The van der Waals surface area contributed by atoms with Crippen LogP contribution in [0.3, 0.4) is 0 Å². The van der Waals surface area contributed by atoms with Crippen LogP contribution in [0.1, 0.15) is 36.6 Å². The number of halogens is 3. The van der Waals surface area contributed by atoms with Crippen LogP contribution in [0.5, 0.6) is 11.5 Å². The van der Waals surface area contributed by atoms with Gasteiger partial charge >= 0.3 is 5.97 Å². The van der Waals surface area contributed by atoms with Crippen molar-refractivity contribution in [1.82, 2.24) is 4.57 Å². The van der Waals surface area contributed by atoms with E-state index in [4.69, 9.17) is 37.4 Å². The smallest absolute Gasteiger partial charge is 0.338 e. The summed E-state index contributed by atoms with van der Waals surface area (Å²) < 4.78 is 32.3. The summed E-state index contributed by atoms with van der Waals surface area (Å²) in [6.45, 7) is 3.78. The molecule has 0 N–H and O–H groups in total. The third-order valence-corrected chi connectivity index (χ3v) is 8.06. The molecule has 0 saturated carbocycles. The molecule has 4 aromatic rings. The average Bonchev–Trinajstić information content (AvgIpc) is 3.26. The molecule has 11 heteroatoms. The van der Waals surface area contributed by atoms with Crippen molar-refractivity contribution in [1.29, 1.82) is 0 Å². The van der Waals surface area contributed by atoms with Gasteiger partial charge in [0.1, 0.15) is 12.4 Å². The molecule has 0 spiro atoms. The zero-order chi connectivity index (χ0) is 30.0. The van der Waals surface area contributed by atoms with Gasteiger partial charge in [0.15, 0.2) is 16.3 Å². The number of rotatable bonds is 8. The van der Waals surface area contributed by atoms with Gasteiger partial charge in [-0.2, -0.15) is 0 Å². The lowest BCUT2D eigenvalue weighted by Crippen LogP contribution is -2.39. The minimum absolute atomic E-state index is 0.151. The Kier molecular flexibility index (Phi) is 8.82. The molecular formula is C31H25Cl2FN2O5S. The maximum Gasteiger partial charge on any atom is 0.338 e. The van der Waals surface area contributed by atoms with Gasteiger partial charge in [-0.25, -0.2) is 14.2 Å². The van der Waals surface area contributed by atoms with Crippen LogP contribution in [0.15, 0.2) is 81.7 Å². The maximum absolute atomic E-state index is 13.8. The highest BCUT2D eigenvalue weighted by Crippen LogP contribution is 2.37. The quantitative estimate of drug-likeness (QED) is 0.230. The fourth-order valence-corrected chi connectivity index (χ4v) is 6.05. The second-order valence-electron chi connectivity index (χ2n) is 9.30. The van der Waals surface area contributed by atoms with Gasteiger partial charge < -0.3 is 14.2 Å². The number of esters is 1. The number of methoxy groups -OCH3 is 1. The number of aromatic nitrogens is 1. The van der Waals surface area contributed by atoms with E-state index in [1.54, 1.807) is 56.3 Å². The second-order valence-corrected chi connectivity index (χ2v) is 11.2. The number of benzene rings is 3. The van der Waals surface area contributed by atoms with E-state index in [1.807, 2.05) is 12.1 Å².